The van der Waals surface area contributed by atoms with Gasteiger partial charge in [-0.3, -0.25) is 9.69 Å². The minimum Gasteiger partial charge on any atom is -0.508 e. The van der Waals surface area contributed by atoms with E-state index in [9.17, 15) is 19.4 Å². The lowest BCUT2D eigenvalue weighted by atomic mass is 10.1. The summed E-state index contributed by atoms with van der Waals surface area (Å²) < 4.78 is 13.2. The Balaban J connectivity index is 1.53. The number of aromatic hydroxyl groups is 1. The van der Waals surface area contributed by atoms with Crippen LogP contribution in [0.2, 0.25) is 0 Å². The number of aliphatic hydroxyl groups is 1. The van der Waals surface area contributed by atoms with Crippen LogP contribution in [-0.4, -0.2) is 58.6 Å². The highest BCUT2D eigenvalue weighted by molar-refractivity contribution is 5.94. The average molecular weight is 344 g/mol. The number of piperazine rings is 1. The van der Waals surface area contributed by atoms with E-state index in [1.54, 1.807) is 29.2 Å². The van der Waals surface area contributed by atoms with Gasteiger partial charge in [0.25, 0.3) is 5.91 Å². The predicted molar refractivity (Wildman–Crippen MR) is 91.8 cm³/mol. The third-order valence-corrected chi connectivity index (χ3v) is 4.44. The first kappa shape index (κ1) is 17.4. The lowest BCUT2D eigenvalue weighted by Crippen LogP contribution is -2.49. The molecule has 1 amide bonds. The minimum absolute atomic E-state index is 0.0645. The minimum atomic E-state index is -0.755. The van der Waals surface area contributed by atoms with Crippen LogP contribution in [0.3, 0.4) is 0 Å². The van der Waals surface area contributed by atoms with E-state index in [1.807, 2.05) is 0 Å². The van der Waals surface area contributed by atoms with E-state index in [0.717, 1.165) is 0 Å². The molecule has 132 valence electrons. The van der Waals surface area contributed by atoms with Crippen LogP contribution < -0.4 is 0 Å². The summed E-state index contributed by atoms with van der Waals surface area (Å²) in [6.45, 7) is 2.84. The van der Waals surface area contributed by atoms with Gasteiger partial charge in [-0.2, -0.15) is 0 Å². The number of rotatable bonds is 4. The van der Waals surface area contributed by atoms with Gasteiger partial charge in [0.05, 0.1) is 6.10 Å². The molecule has 0 saturated carbocycles. The van der Waals surface area contributed by atoms with Crippen molar-refractivity contribution in [1.82, 2.24) is 9.80 Å². The standard InChI is InChI=1S/C19H21FN2O3/c20-16-3-1-2-15(12-16)18(24)13-21-8-10-22(11-9-21)19(25)14-4-6-17(23)7-5-14/h1-7,12,18,23-24H,8-11,13H2/t18-/m0/s1. The number of nitrogens with zero attached hydrogens (tertiary/aromatic N) is 2. The van der Waals surface area contributed by atoms with Crippen LogP contribution in [-0.2, 0) is 0 Å². The second kappa shape index (κ2) is 7.63. The molecular weight excluding hydrogens is 323 g/mol. The summed E-state index contributed by atoms with van der Waals surface area (Å²) in [5.41, 5.74) is 1.11. The highest BCUT2D eigenvalue weighted by atomic mass is 19.1. The Bertz CT molecular complexity index is 728. The zero-order valence-corrected chi connectivity index (χ0v) is 13.8. The summed E-state index contributed by atoms with van der Waals surface area (Å²) in [7, 11) is 0. The summed E-state index contributed by atoms with van der Waals surface area (Å²) in [6.07, 6.45) is -0.755. The Morgan fingerprint density at radius 1 is 1.08 bits per heavy atom. The number of hydrogen-bond donors (Lipinski definition) is 2. The Morgan fingerprint density at radius 3 is 2.40 bits per heavy atom. The summed E-state index contributed by atoms with van der Waals surface area (Å²) in [4.78, 5) is 16.3. The van der Waals surface area contributed by atoms with Crippen LogP contribution in [0.4, 0.5) is 4.39 Å². The average Bonchev–Trinajstić information content (AvgIpc) is 2.62. The molecule has 1 aliphatic rings. The smallest absolute Gasteiger partial charge is 0.253 e. The van der Waals surface area contributed by atoms with Crippen LogP contribution in [0.25, 0.3) is 0 Å². The number of benzene rings is 2. The van der Waals surface area contributed by atoms with E-state index in [4.69, 9.17) is 0 Å². The molecule has 0 unspecified atom stereocenters. The number of carbonyl (C=O) groups excluding carboxylic acids is 1. The number of aliphatic hydroxyl groups excluding tert-OH is 1. The number of amides is 1. The maximum absolute atomic E-state index is 13.2. The van der Waals surface area contributed by atoms with E-state index in [1.165, 1.54) is 24.3 Å². The maximum atomic E-state index is 13.2. The Morgan fingerprint density at radius 2 is 1.76 bits per heavy atom. The number of halogens is 1. The predicted octanol–water partition coefficient (Wildman–Crippen LogP) is 2.02. The molecule has 1 saturated heterocycles. The van der Waals surface area contributed by atoms with E-state index < -0.39 is 6.10 Å². The lowest BCUT2D eigenvalue weighted by Gasteiger charge is -2.35. The number of β-amino-alcohol motifs (C(OH)–C–C–N with tert-alkyl or cyclic N) is 1. The first-order valence-electron chi connectivity index (χ1n) is 8.27. The fourth-order valence-corrected chi connectivity index (χ4v) is 2.98. The molecule has 0 bridgehead atoms. The van der Waals surface area contributed by atoms with Crippen LogP contribution in [0.15, 0.2) is 48.5 Å². The maximum Gasteiger partial charge on any atom is 0.253 e. The van der Waals surface area contributed by atoms with Crippen molar-refractivity contribution in [3.05, 3.63) is 65.5 Å². The van der Waals surface area contributed by atoms with Crippen LogP contribution in [0.1, 0.15) is 22.0 Å². The van der Waals surface area contributed by atoms with Gasteiger partial charge in [0.2, 0.25) is 0 Å². The zero-order chi connectivity index (χ0) is 17.8. The van der Waals surface area contributed by atoms with Gasteiger partial charge in [-0.15, -0.1) is 0 Å². The molecule has 2 N–H and O–H groups in total. The van der Waals surface area contributed by atoms with Crippen LogP contribution in [0.5, 0.6) is 5.75 Å². The lowest BCUT2D eigenvalue weighted by molar-refractivity contribution is 0.0527. The van der Waals surface area contributed by atoms with E-state index >= 15 is 0 Å². The zero-order valence-electron chi connectivity index (χ0n) is 13.8. The van der Waals surface area contributed by atoms with Gasteiger partial charge >= 0.3 is 0 Å². The topological polar surface area (TPSA) is 64.0 Å². The fourth-order valence-electron chi connectivity index (χ4n) is 2.98. The largest absolute Gasteiger partial charge is 0.508 e. The Kier molecular flexibility index (Phi) is 5.31. The van der Waals surface area contributed by atoms with Crippen molar-refractivity contribution in [1.29, 1.82) is 0 Å². The third-order valence-electron chi connectivity index (χ3n) is 4.44. The molecule has 5 nitrogen and oxygen atoms in total. The van der Waals surface area contributed by atoms with Gasteiger partial charge in [-0.25, -0.2) is 4.39 Å². The van der Waals surface area contributed by atoms with Crippen molar-refractivity contribution in [3.8, 4) is 5.75 Å². The fraction of sp³-hybridized carbons (Fsp3) is 0.316. The molecule has 0 spiro atoms. The molecule has 1 aliphatic heterocycles. The molecule has 1 heterocycles. The number of hydrogen-bond acceptors (Lipinski definition) is 4. The van der Waals surface area contributed by atoms with Crippen LogP contribution in [0, 0.1) is 5.82 Å². The van der Waals surface area contributed by atoms with Crippen molar-refractivity contribution in [2.75, 3.05) is 32.7 Å². The quantitative estimate of drug-likeness (QED) is 0.891. The SMILES string of the molecule is O=C(c1ccc(O)cc1)N1CCN(C[C@H](O)c2cccc(F)c2)CC1. The number of phenolic OH excluding ortho intramolecular Hbond substituents is 1. The van der Waals surface area contributed by atoms with Crippen molar-refractivity contribution >= 4 is 5.91 Å². The van der Waals surface area contributed by atoms with Crippen molar-refractivity contribution in [2.45, 2.75) is 6.10 Å². The van der Waals surface area contributed by atoms with Gasteiger partial charge < -0.3 is 15.1 Å². The third kappa shape index (κ3) is 4.35. The second-order valence-electron chi connectivity index (χ2n) is 6.21. The van der Waals surface area contributed by atoms with Gasteiger partial charge in [0.15, 0.2) is 0 Å². The Labute approximate surface area is 145 Å². The van der Waals surface area contributed by atoms with Crippen molar-refractivity contribution in [3.63, 3.8) is 0 Å². The molecule has 6 heteroatoms. The summed E-state index contributed by atoms with van der Waals surface area (Å²) >= 11 is 0. The van der Waals surface area contributed by atoms with Gasteiger partial charge in [0.1, 0.15) is 11.6 Å². The van der Waals surface area contributed by atoms with Crippen molar-refractivity contribution < 1.29 is 19.4 Å². The first-order valence-corrected chi connectivity index (χ1v) is 8.27. The molecule has 2 aromatic rings. The first-order chi connectivity index (χ1) is 12.0. The molecular formula is C19H21FN2O3. The van der Waals surface area contributed by atoms with Gasteiger partial charge in [0, 0.05) is 38.3 Å². The Hall–Kier alpha value is -2.44. The number of carbonyl (C=O) groups is 1. The van der Waals surface area contributed by atoms with Gasteiger partial charge in [-0.05, 0) is 42.0 Å². The van der Waals surface area contributed by atoms with E-state index in [2.05, 4.69) is 4.90 Å². The second-order valence-corrected chi connectivity index (χ2v) is 6.21. The molecule has 1 atom stereocenters. The molecule has 2 aromatic carbocycles. The molecule has 0 aromatic heterocycles. The summed E-state index contributed by atoms with van der Waals surface area (Å²) in [5, 5.41) is 19.6. The number of phenols is 1. The molecule has 25 heavy (non-hydrogen) atoms. The highest BCUT2D eigenvalue weighted by Crippen LogP contribution is 2.17. The van der Waals surface area contributed by atoms with Gasteiger partial charge in [-0.1, -0.05) is 12.1 Å². The van der Waals surface area contributed by atoms with E-state index in [0.29, 0.717) is 43.9 Å². The summed E-state index contributed by atoms with van der Waals surface area (Å²) in [6, 6.07) is 12.2. The monoisotopic (exact) mass is 344 g/mol. The van der Waals surface area contributed by atoms with E-state index in [-0.39, 0.29) is 17.5 Å². The highest BCUT2D eigenvalue weighted by Gasteiger charge is 2.23. The summed E-state index contributed by atoms with van der Waals surface area (Å²) in [5.74, 6) is -0.293. The molecule has 0 radical (unpaired) electrons. The van der Waals surface area contributed by atoms with Crippen molar-refractivity contribution in [2.24, 2.45) is 0 Å². The van der Waals surface area contributed by atoms with Crippen LogP contribution >= 0.6 is 0 Å². The molecule has 1 fully saturated rings. The normalized spacial score (nSPS) is 16.6. The molecule has 3 rings (SSSR count). The molecule has 0 aliphatic carbocycles.